The summed E-state index contributed by atoms with van der Waals surface area (Å²) in [7, 11) is 0. The second kappa shape index (κ2) is 6.38. The highest BCUT2D eigenvalue weighted by Crippen LogP contribution is 2.41. The number of carbonyl (C=O) groups excluding carboxylic acids is 1. The summed E-state index contributed by atoms with van der Waals surface area (Å²) in [4.78, 5) is 14.4. The molecule has 0 spiro atoms. The number of aromatic nitrogens is 1. The van der Waals surface area contributed by atoms with Gasteiger partial charge in [-0.15, -0.1) is 11.3 Å². The highest BCUT2D eigenvalue weighted by Gasteiger charge is 2.21. The standard InChI is InChI=1S/C23H14ClNOS/c24-17-12-10-15(11-13-17)22-21-18-8-4-5-9-19(18)25(20(21)14-27-22)23(26)16-6-2-1-3-7-16/h1-14H. The van der Waals surface area contributed by atoms with Gasteiger partial charge < -0.3 is 0 Å². The Labute approximate surface area is 165 Å². The van der Waals surface area contributed by atoms with Crippen LogP contribution in [0.15, 0.2) is 84.2 Å². The topological polar surface area (TPSA) is 22.0 Å². The number of fused-ring (bicyclic) bond motifs is 3. The van der Waals surface area contributed by atoms with E-state index in [1.807, 2.05) is 77.4 Å². The lowest BCUT2D eigenvalue weighted by Gasteiger charge is -2.05. The largest absolute Gasteiger partial charge is 0.275 e. The van der Waals surface area contributed by atoms with Gasteiger partial charge in [-0.1, -0.05) is 60.1 Å². The first-order valence-corrected chi connectivity index (χ1v) is 9.86. The first kappa shape index (κ1) is 16.3. The molecule has 0 radical (unpaired) electrons. The maximum absolute atomic E-state index is 13.3. The van der Waals surface area contributed by atoms with Crippen LogP contribution in [0, 0.1) is 0 Å². The zero-order valence-electron chi connectivity index (χ0n) is 14.2. The van der Waals surface area contributed by atoms with E-state index in [1.54, 1.807) is 11.3 Å². The van der Waals surface area contributed by atoms with Crippen molar-refractivity contribution in [3.8, 4) is 10.4 Å². The van der Waals surface area contributed by atoms with Gasteiger partial charge in [0.1, 0.15) is 0 Å². The molecule has 3 aromatic carbocycles. The first-order chi connectivity index (χ1) is 13.2. The molecule has 0 N–H and O–H groups in total. The van der Waals surface area contributed by atoms with Crippen LogP contribution in [-0.2, 0) is 0 Å². The molecule has 0 amide bonds. The molecule has 0 bridgehead atoms. The molecule has 27 heavy (non-hydrogen) atoms. The van der Waals surface area contributed by atoms with Gasteiger partial charge in [-0.3, -0.25) is 9.36 Å². The predicted molar refractivity (Wildman–Crippen MR) is 114 cm³/mol. The van der Waals surface area contributed by atoms with E-state index in [0.717, 1.165) is 32.2 Å². The summed E-state index contributed by atoms with van der Waals surface area (Å²) >= 11 is 7.71. The zero-order valence-corrected chi connectivity index (χ0v) is 15.8. The van der Waals surface area contributed by atoms with Crippen LogP contribution >= 0.6 is 22.9 Å². The molecule has 2 aromatic heterocycles. The third-order valence-corrected chi connectivity index (χ3v) is 6.03. The quantitative estimate of drug-likeness (QED) is 0.324. The maximum Gasteiger partial charge on any atom is 0.262 e. The molecule has 0 saturated carbocycles. The molecule has 5 aromatic rings. The molecule has 2 nitrogen and oxygen atoms in total. The molecule has 0 atom stereocenters. The van der Waals surface area contributed by atoms with Gasteiger partial charge in [0, 0.05) is 31.6 Å². The summed E-state index contributed by atoms with van der Waals surface area (Å²) in [5.74, 6) is -0.0118. The van der Waals surface area contributed by atoms with Gasteiger partial charge >= 0.3 is 0 Å². The molecule has 4 heteroatoms. The van der Waals surface area contributed by atoms with E-state index < -0.39 is 0 Å². The fraction of sp³-hybridized carbons (Fsp3) is 0. The number of thiophene rings is 1. The van der Waals surface area contributed by atoms with E-state index in [-0.39, 0.29) is 5.91 Å². The van der Waals surface area contributed by atoms with E-state index in [4.69, 9.17) is 11.6 Å². The SMILES string of the molecule is O=C(c1ccccc1)n1c2ccccc2c2c(-c3ccc(Cl)cc3)scc21. The number of carbonyl (C=O) groups is 1. The van der Waals surface area contributed by atoms with Crippen LogP contribution in [0.5, 0.6) is 0 Å². The maximum atomic E-state index is 13.3. The number of benzene rings is 3. The fourth-order valence-electron chi connectivity index (χ4n) is 3.53. The van der Waals surface area contributed by atoms with Gasteiger partial charge in [0.25, 0.3) is 5.91 Å². The number of halogens is 1. The molecule has 0 aliphatic heterocycles. The number of nitrogens with zero attached hydrogens (tertiary/aromatic N) is 1. The molecule has 0 saturated heterocycles. The average Bonchev–Trinajstić information content (AvgIpc) is 3.27. The lowest BCUT2D eigenvalue weighted by molar-refractivity contribution is 0.0969. The Kier molecular flexibility index (Phi) is 3.85. The Bertz CT molecular complexity index is 1280. The normalized spacial score (nSPS) is 11.3. The van der Waals surface area contributed by atoms with Crippen molar-refractivity contribution in [2.45, 2.75) is 0 Å². The third kappa shape index (κ3) is 2.59. The number of rotatable bonds is 2. The first-order valence-electron chi connectivity index (χ1n) is 8.60. The molecule has 0 aliphatic carbocycles. The summed E-state index contributed by atoms with van der Waals surface area (Å²) < 4.78 is 1.83. The van der Waals surface area contributed by atoms with Crippen molar-refractivity contribution in [1.82, 2.24) is 4.57 Å². The van der Waals surface area contributed by atoms with Gasteiger partial charge in [0.2, 0.25) is 0 Å². The highest BCUT2D eigenvalue weighted by molar-refractivity contribution is 7.15. The molecule has 0 fully saturated rings. The van der Waals surface area contributed by atoms with Crippen LogP contribution in [-0.4, -0.2) is 10.5 Å². The number of hydrogen-bond donors (Lipinski definition) is 0. The molecular weight excluding hydrogens is 374 g/mol. The van der Waals surface area contributed by atoms with Crippen LogP contribution in [0.2, 0.25) is 5.02 Å². The van der Waals surface area contributed by atoms with E-state index in [2.05, 4.69) is 11.4 Å². The summed E-state index contributed by atoms with van der Waals surface area (Å²) in [6.45, 7) is 0. The Morgan fingerprint density at radius 2 is 1.52 bits per heavy atom. The van der Waals surface area contributed by atoms with Crippen LogP contribution in [0.4, 0.5) is 0 Å². The van der Waals surface area contributed by atoms with Crippen LogP contribution in [0.1, 0.15) is 10.4 Å². The Balaban J connectivity index is 1.82. The van der Waals surface area contributed by atoms with Crippen molar-refractivity contribution in [3.05, 3.63) is 94.8 Å². The van der Waals surface area contributed by atoms with Gasteiger partial charge in [-0.2, -0.15) is 0 Å². The van der Waals surface area contributed by atoms with Crippen molar-refractivity contribution in [2.24, 2.45) is 0 Å². The number of hydrogen-bond acceptors (Lipinski definition) is 2. The second-order valence-corrected chi connectivity index (χ2v) is 7.67. The average molecular weight is 388 g/mol. The summed E-state index contributed by atoms with van der Waals surface area (Å²) in [5, 5.41) is 4.98. The minimum atomic E-state index is -0.0118. The van der Waals surface area contributed by atoms with Crippen LogP contribution in [0.25, 0.3) is 32.2 Å². The Morgan fingerprint density at radius 3 is 2.30 bits per heavy atom. The Hall–Kier alpha value is -2.88. The van der Waals surface area contributed by atoms with Crippen molar-refractivity contribution in [1.29, 1.82) is 0 Å². The molecular formula is C23H14ClNOS. The summed E-state index contributed by atoms with van der Waals surface area (Å²) in [6.07, 6.45) is 0. The zero-order chi connectivity index (χ0) is 18.4. The monoisotopic (exact) mass is 387 g/mol. The fourth-order valence-corrected chi connectivity index (χ4v) is 4.71. The third-order valence-electron chi connectivity index (χ3n) is 4.76. The highest BCUT2D eigenvalue weighted by atomic mass is 35.5. The van der Waals surface area contributed by atoms with Crippen molar-refractivity contribution in [3.63, 3.8) is 0 Å². The van der Waals surface area contributed by atoms with Gasteiger partial charge in [0.15, 0.2) is 0 Å². The van der Waals surface area contributed by atoms with E-state index in [0.29, 0.717) is 10.6 Å². The summed E-state index contributed by atoms with van der Waals surface area (Å²) in [6, 6.07) is 25.3. The van der Waals surface area contributed by atoms with Gasteiger partial charge in [-0.25, -0.2) is 0 Å². The van der Waals surface area contributed by atoms with Crippen LogP contribution in [0.3, 0.4) is 0 Å². The molecule has 0 unspecified atom stereocenters. The van der Waals surface area contributed by atoms with Gasteiger partial charge in [-0.05, 0) is 35.9 Å². The van der Waals surface area contributed by atoms with Crippen LogP contribution < -0.4 is 0 Å². The smallest absolute Gasteiger partial charge is 0.262 e. The number of para-hydroxylation sites is 1. The van der Waals surface area contributed by atoms with Crippen molar-refractivity contribution in [2.75, 3.05) is 0 Å². The van der Waals surface area contributed by atoms with E-state index >= 15 is 0 Å². The Morgan fingerprint density at radius 1 is 0.815 bits per heavy atom. The minimum absolute atomic E-state index is 0.0118. The summed E-state index contributed by atoms with van der Waals surface area (Å²) in [5.41, 5.74) is 3.66. The van der Waals surface area contributed by atoms with E-state index in [9.17, 15) is 4.79 Å². The molecule has 0 aliphatic rings. The second-order valence-electron chi connectivity index (χ2n) is 6.36. The van der Waals surface area contributed by atoms with Crippen molar-refractivity contribution < 1.29 is 4.79 Å². The van der Waals surface area contributed by atoms with Gasteiger partial charge in [0.05, 0.1) is 11.0 Å². The molecule has 5 rings (SSSR count). The predicted octanol–water partition coefficient (Wildman–Crippen LogP) is 6.86. The van der Waals surface area contributed by atoms with Crippen molar-refractivity contribution >= 4 is 50.7 Å². The lowest BCUT2D eigenvalue weighted by Crippen LogP contribution is -2.11. The minimum Gasteiger partial charge on any atom is -0.275 e. The molecule has 2 heterocycles. The van der Waals surface area contributed by atoms with E-state index in [1.165, 1.54) is 0 Å². The molecule has 130 valence electrons. The lowest BCUT2D eigenvalue weighted by atomic mass is 10.1.